The van der Waals surface area contributed by atoms with E-state index < -0.39 is 41.0 Å². The van der Waals surface area contributed by atoms with E-state index in [-0.39, 0.29) is 70.4 Å². The van der Waals surface area contributed by atoms with E-state index in [1.54, 1.807) is 22.9 Å². The van der Waals surface area contributed by atoms with Gasteiger partial charge in [0.2, 0.25) is 11.7 Å². The van der Waals surface area contributed by atoms with Crippen LogP contribution in [-0.4, -0.2) is 103 Å². The zero-order chi connectivity index (χ0) is 37.9. The quantitative estimate of drug-likeness (QED) is 0.154. The summed E-state index contributed by atoms with van der Waals surface area (Å²) in [5.41, 5.74) is 4.97. The second kappa shape index (κ2) is 13.4. The Bertz CT molecular complexity index is 2300. The molecule has 0 spiro atoms. The molecule has 3 aliphatic heterocycles. The van der Waals surface area contributed by atoms with Crippen LogP contribution < -0.4 is 15.4 Å². The van der Waals surface area contributed by atoms with Crippen molar-refractivity contribution in [2.75, 3.05) is 50.5 Å². The molecule has 2 N–H and O–H groups in total. The Labute approximate surface area is 305 Å². The zero-order valence-electron chi connectivity index (χ0n) is 29.3. The Kier molecular flexibility index (Phi) is 8.81. The Hall–Kier alpha value is -5.52. The second-order valence-electron chi connectivity index (χ2n) is 14.1. The van der Waals surface area contributed by atoms with E-state index in [0.717, 1.165) is 25.5 Å². The smallest absolute Gasteiger partial charge is 0.319 e. The lowest BCUT2D eigenvalue weighted by atomic mass is 9.95. The van der Waals surface area contributed by atoms with Gasteiger partial charge in [0.05, 0.1) is 10.9 Å². The summed E-state index contributed by atoms with van der Waals surface area (Å²) in [5, 5.41) is 3.92. The number of benzene rings is 1. The van der Waals surface area contributed by atoms with Gasteiger partial charge in [0, 0.05) is 69.8 Å². The monoisotopic (exact) mass is 750 g/mol. The van der Waals surface area contributed by atoms with Gasteiger partial charge in [-0.1, -0.05) is 17.3 Å². The Morgan fingerprint density at radius 1 is 1.17 bits per heavy atom. The summed E-state index contributed by atoms with van der Waals surface area (Å²) >= 11 is 0. The van der Waals surface area contributed by atoms with Crippen LogP contribution in [0.3, 0.4) is 0 Å². The summed E-state index contributed by atoms with van der Waals surface area (Å²) in [6.07, 6.45) is 5.13. The molecule has 3 saturated heterocycles. The summed E-state index contributed by atoms with van der Waals surface area (Å²) in [4.78, 5) is 39.9. The number of nitrogens with two attached hydrogens (primary N) is 1. The second-order valence-corrected chi connectivity index (χ2v) is 14.1. The lowest BCUT2D eigenvalue weighted by molar-refractivity contribution is -0.125. The number of likely N-dealkylation sites (N-methyl/N-ethyl adjacent to an activating group) is 1. The molecule has 3 fully saturated rings. The van der Waals surface area contributed by atoms with Crippen molar-refractivity contribution >= 4 is 45.3 Å². The predicted molar refractivity (Wildman–Crippen MR) is 187 cm³/mol. The standard InChI is InChI=1S/C36H35F5N10O3/c1-35(40,41)33-45-25(54-48-33)7-8-26(52)50-12-9-21(17-50)49(2)32-22-15-43-31(30-27-19(13-24(42)44-30)5-3-6-23(27)38)28(39)29(22)46-34(47-32)53-18-36-10-4-11-51(36)16-20(37)14-36/h3,5-8,13,15,20-21H,4,9-12,14,16-18H2,1-2H3,(H2,42,44)/b8-7+/t20-,21-,36+/m1/s1. The van der Waals surface area contributed by atoms with Crippen LogP contribution in [0, 0.1) is 11.6 Å². The number of hydrogen-bond donors (Lipinski definition) is 1. The highest BCUT2D eigenvalue weighted by molar-refractivity contribution is 5.99. The van der Waals surface area contributed by atoms with Gasteiger partial charge in [-0.15, -0.1) is 0 Å². The number of aromatic nitrogens is 6. The number of carbonyl (C=O) groups is 1. The van der Waals surface area contributed by atoms with Crippen LogP contribution in [-0.2, 0) is 10.7 Å². The van der Waals surface area contributed by atoms with Gasteiger partial charge in [-0.2, -0.15) is 23.7 Å². The summed E-state index contributed by atoms with van der Waals surface area (Å²) < 4.78 is 84.6. The first kappa shape index (κ1) is 35.5. The van der Waals surface area contributed by atoms with Crippen molar-refractivity contribution in [3.63, 3.8) is 0 Å². The fourth-order valence-corrected chi connectivity index (χ4v) is 7.79. The molecule has 282 valence electrons. The van der Waals surface area contributed by atoms with E-state index in [9.17, 15) is 18.0 Å². The highest BCUT2D eigenvalue weighted by Crippen LogP contribution is 2.41. The molecule has 0 unspecified atom stereocenters. The maximum atomic E-state index is 16.8. The molecule has 3 atom stereocenters. The summed E-state index contributed by atoms with van der Waals surface area (Å²) in [5.74, 6) is -5.99. The number of likely N-dealkylation sites (tertiary alicyclic amines) is 1. The first-order valence-corrected chi connectivity index (χ1v) is 17.4. The van der Waals surface area contributed by atoms with Gasteiger partial charge in [-0.05, 0) is 43.3 Å². The van der Waals surface area contributed by atoms with Gasteiger partial charge in [-0.25, -0.2) is 18.2 Å². The number of nitrogen functional groups attached to an aromatic ring is 1. The van der Waals surface area contributed by atoms with Crippen LogP contribution in [0.15, 0.2) is 41.1 Å². The van der Waals surface area contributed by atoms with Crippen molar-refractivity contribution < 1.29 is 36.0 Å². The predicted octanol–water partition coefficient (Wildman–Crippen LogP) is 5.30. The third kappa shape index (κ3) is 6.41. The van der Waals surface area contributed by atoms with Gasteiger partial charge >= 0.3 is 11.9 Å². The first-order chi connectivity index (χ1) is 25.8. The van der Waals surface area contributed by atoms with Crippen LogP contribution in [0.1, 0.15) is 44.3 Å². The molecule has 13 nitrogen and oxygen atoms in total. The number of ether oxygens (including phenoxy) is 1. The van der Waals surface area contributed by atoms with Gasteiger partial charge in [0.15, 0.2) is 5.82 Å². The molecule has 54 heavy (non-hydrogen) atoms. The molecular formula is C36H35F5N10O3. The lowest BCUT2D eigenvalue weighted by Gasteiger charge is -2.31. The van der Waals surface area contributed by atoms with E-state index in [4.69, 9.17) is 20.0 Å². The molecule has 1 amide bonds. The molecule has 5 aromatic rings. The van der Waals surface area contributed by atoms with Crippen molar-refractivity contribution in [3.05, 3.63) is 59.9 Å². The molecular weight excluding hydrogens is 715 g/mol. The third-order valence-corrected chi connectivity index (χ3v) is 10.5. The van der Waals surface area contributed by atoms with Crippen LogP contribution in [0.4, 0.5) is 33.6 Å². The number of anilines is 2. The number of hydrogen-bond acceptors (Lipinski definition) is 12. The van der Waals surface area contributed by atoms with Crippen molar-refractivity contribution in [2.24, 2.45) is 0 Å². The number of alkyl halides is 3. The van der Waals surface area contributed by atoms with Crippen LogP contribution in [0.2, 0.25) is 0 Å². The van der Waals surface area contributed by atoms with Crippen molar-refractivity contribution in [3.8, 4) is 17.4 Å². The molecule has 0 bridgehead atoms. The SMILES string of the molecule is CN(c1nc(OC[C@@]23CCCN2C[C@H](F)C3)nc2c(F)c(-c3nc(N)cc4cccc(F)c34)ncc12)[C@@H]1CCN(C(=O)/C=C/c2nc(C(C)(F)F)no2)C1. The van der Waals surface area contributed by atoms with Crippen molar-refractivity contribution in [1.82, 2.24) is 39.9 Å². The summed E-state index contributed by atoms with van der Waals surface area (Å²) in [6.45, 7) is 2.35. The Morgan fingerprint density at radius 3 is 2.80 bits per heavy atom. The molecule has 7 heterocycles. The third-order valence-electron chi connectivity index (χ3n) is 10.5. The van der Waals surface area contributed by atoms with E-state index in [1.165, 1.54) is 30.5 Å². The largest absolute Gasteiger partial charge is 0.461 e. The van der Waals surface area contributed by atoms with E-state index in [0.29, 0.717) is 38.2 Å². The lowest BCUT2D eigenvalue weighted by Crippen LogP contribution is -2.43. The number of nitrogens with zero attached hydrogens (tertiary/aromatic N) is 9. The van der Waals surface area contributed by atoms with Crippen molar-refractivity contribution in [2.45, 2.75) is 56.3 Å². The van der Waals surface area contributed by atoms with E-state index in [1.807, 2.05) is 0 Å². The van der Waals surface area contributed by atoms with E-state index in [2.05, 4.69) is 30.0 Å². The summed E-state index contributed by atoms with van der Waals surface area (Å²) in [6, 6.07) is 5.41. The number of halogens is 5. The topological polar surface area (TPSA) is 153 Å². The maximum Gasteiger partial charge on any atom is 0.319 e. The van der Waals surface area contributed by atoms with Crippen LogP contribution in [0.25, 0.3) is 39.1 Å². The Morgan fingerprint density at radius 2 is 2.00 bits per heavy atom. The average Bonchev–Trinajstić information content (AvgIpc) is 3.94. The molecule has 1 aromatic carbocycles. The van der Waals surface area contributed by atoms with E-state index >= 15 is 8.78 Å². The normalized spacial score (nSPS) is 21.9. The highest BCUT2D eigenvalue weighted by atomic mass is 19.3. The fourth-order valence-electron chi connectivity index (χ4n) is 7.79. The molecule has 0 radical (unpaired) electrons. The van der Waals surface area contributed by atoms with Crippen molar-refractivity contribution in [1.29, 1.82) is 0 Å². The molecule has 18 heteroatoms. The maximum absolute atomic E-state index is 16.8. The van der Waals surface area contributed by atoms with Gasteiger partial charge in [0.1, 0.15) is 47.1 Å². The Balaban J connectivity index is 1.13. The first-order valence-electron chi connectivity index (χ1n) is 17.4. The highest BCUT2D eigenvalue weighted by Gasteiger charge is 2.49. The number of fused-ring (bicyclic) bond motifs is 3. The number of amides is 1. The number of pyridine rings is 2. The molecule has 0 saturated carbocycles. The molecule has 0 aliphatic carbocycles. The minimum atomic E-state index is -3.30. The number of rotatable bonds is 9. The van der Waals surface area contributed by atoms with Crippen LogP contribution >= 0.6 is 0 Å². The summed E-state index contributed by atoms with van der Waals surface area (Å²) in [7, 11) is 1.74. The average molecular weight is 751 g/mol. The van der Waals surface area contributed by atoms with Crippen LogP contribution in [0.5, 0.6) is 6.01 Å². The number of carbonyl (C=O) groups excluding carboxylic acids is 1. The molecule has 4 aromatic heterocycles. The fraction of sp³-hybridized carbons (Fsp3) is 0.417. The molecule has 3 aliphatic rings. The molecule has 8 rings (SSSR count). The van der Waals surface area contributed by atoms with Gasteiger partial charge < -0.3 is 24.8 Å². The zero-order valence-corrected chi connectivity index (χ0v) is 29.3. The van der Waals surface area contributed by atoms with Gasteiger partial charge in [-0.3, -0.25) is 14.7 Å². The minimum Gasteiger partial charge on any atom is -0.461 e. The van der Waals surface area contributed by atoms with Gasteiger partial charge in [0.25, 0.3) is 5.89 Å². The minimum absolute atomic E-state index is 0.0374.